The highest BCUT2D eigenvalue weighted by Crippen LogP contribution is 2.24. The molecule has 0 radical (unpaired) electrons. The standard InChI is InChI=1S/C11H16ClFN2/c1-7(6-14)4-11(15)9-5-8(12)2-3-10(9)13/h2-3,5,7,11H,4,6,14-15H2,1H3. The van der Waals surface area contributed by atoms with Gasteiger partial charge in [0.05, 0.1) is 0 Å². The van der Waals surface area contributed by atoms with Gasteiger partial charge in [0.15, 0.2) is 0 Å². The summed E-state index contributed by atoms with van der Waals surface area (Å²) in [5.41, 5.74) is 11.8. The molecule has 0 spiro atoms. The zero-order valence-corrected chi connectivity index (χ0v) is 9.47. The lowest BCUT2D eigenvalue weighted by Crippen LogP contribution is -2.20. The van der Waals surface area contributed by atoms with E-state index in [0.29, 0.717) is 23.6 Å². The molecule has 1 rings (SSSR count). The predicted molar refractivity (Wildman–Crippen MR) is 61.2 cm³/mol. The summed E-state index contributed by atoms with van der Waals surface area (Å²) in [4.78, 5) is 0. The summed E-state index contributed by atoms with van der Waals surface area (Å²) in [6.45, 7) is 2.54. The average Bonchev–Trinajstić information content (AvgIpc) is 2.21. The molecule has 0 bridgehead atoms. The van der Waals surface area contributed by atoms with Crippen LogP contribution in [0, 0.1) is 11.7 Å². The van der Waals surface area contributed by atoms with E-state index in [1.807, 2.05) is 6.92 Å². The van der Waals surface area contributed by atoms with Crippen molar-refractivity contribution in [1.82, 2.24) is 0 Å². The third-order valence-electron chi connectivity index (χ3n) is 2.42. The molecule has 2 unspecified atom stereocenters. The molecule has 0 aromatic heterocycles. The SMILES string of the molecule is CC(CN)CC(N)c1cc(Cl)ccc1F. The second kappa shape index (κ2) is 5.45. The lowest BCUT2D eigenvalue weighted by molar-refractivity contribution is 0.467. The monoisotopic (exact) mass is 230 g/mol. The van der Waals surface area contributed by atoms with Crippen LogP contribution in [0.25, 0.3) is 0 Å². The third kappa shape index (κ3) is 3.45. The first-order valence-corrected chi connectivity index (χ1v) is 5.33. The Morgan fingerprint density at radius 2 is 2.13 bits per heavy atom. The topological polar surface area (TPSA) is 52.0 Å². The van der Waals surface area contributed by atoms with E-state index in [9.17, 15) is 4.39 Å². The van der Waals surface area contributed by atoms with Crippen LogP contribution in [0.4, 0.5) is 4.39 Å². The Balaban J connectivity index is 2.80. The van der Waals surface area contributed by atoms with Crippen molar-refractivity contribution >= 4 is 11.6 Å². The van der Waals surface area contributed by atoms with E-state index >= 15 is 0 Å². The third-order valence-corrected chi connectivity index (χ3v) is 2.65. The molecule has 0 aliphatic heterocycles. The van der Waals surface area contributed by atoms with Crippen molar-refractivity contribution < 1.29 is 4.39 Å². The van der Waals surface area contributed by atoms with E-state index in [-0.39, 0.29) is 17.8 Å². The van der Waals surface area contributed by atoms with Crippen molar-refractivity contribution in [3.63, 3.8) is 0 Å². The minimum absolute atomic E-state index is 0.276. The Bertz CT molecular complexity index is 330. The quantitative estimate of drug-likeness (QED) is 0.835. The smallest absolute Gasteiger partial charge is 0.128 e. The molecule has 4 N–H and O–H groups in total. The van der Waals surface area contributed by atoms with Gasteiger partial charge >= 0.3 is 0 Å². The fourth-order valence-corrected chi connectivity index (χ4v) is 1.64. The number of hydrogen-bond acceptors (Lipinski definition) is 2. The van der Waals surface area contributed by atoms with Gasteiger partial charge in [-0.3, -0.25) is 0 Å². The van der Waals surface area contributed by atoms with Gasteiger partial charge in [0.1, 0.15) is 5.82 Å². The maximum Gasteiger partial charge on any atom is 0.128 e. The highest BCUT2D eigenvalue weighted by molar-refractivity contribution is 6.30. The Morgan fingerprint density at radius 3 is 2.73 bits per heavy atom. The summed E-state index contributed by atoms with van der Waals surface area (Å²) in [5, 5.41) is 0.502. The van der Waals surface area contributed by atoms with E-state index in [1.165, 1.54) is 12.1 Å². The van der Waals surface area contributed by atoms with Crippen molar-refractivity contribution in [1.29, 1.82) is 0 Å². The Morgan fingerprint density at radius 1 is 1.47 bits per heavy atom. The minimum atomic E-state index is -0.345. The van der Waals surface area contributed by atoms with E-state index in [1.54, 1.807) is 6.07 Å². The van der Waals surface area contributed by atoms with Gasteiger partial charge in [-0.15, -0.1) is 0 Å². The maximum absolute atomic E-state index is 13.4. The second-order valence-electron chi connectivity index (χ2n) is 3.85. The summed E-state index contributed by atoms with van der Waals surface area (Å²) in [5.74, 6) is -0.0329. The van der Waals surface area contributed by atoms with Crippen LogP contribution in [0.1, 0.15) is 24.9 Å². The number of benzene rings is 1. The molecular weight excluding hydrogens is 215 g/mol. The number of halogens is 2. The number of hydrogen-bond donors (Lipinski definition) is 2. The predicted octanol–water partition coefficient (Wildman–Crippen LogP) is 2.46. The zero-order chi connectivity index (χ0) is 11.4. The van der Waals surface area contributed by atoms with Crippen molar-refractivity contribution in [2.24, 2.45) is 17.4 Å². The molecular formula is C11H16ClFN2. The van der Waals surface area contributed by atoms with Crippen LogP contribution >= 0.6 is 11.6 Å². The van der Waals surface area contributed by atoms with Crippen LogP contribution in [0.15, 0.2) is 18.2 Å². The van der Waals surface area contributed by atoms with E-state index in [4.69, 9.17) is 23.1 Å². The van der Waals surface area contributed by atoms with Crippen molar-refractivity contribution in [3.05, 3.63) is 34.6 Å². The van der Waals surface area contributed by atoms with E-state index < -0.39 is 0 Å². The Hall–Kier alpha value is -0.640. The van der Waals surface area contributed by atoms with Crippen molar-refractivity contribution in [2.45, 2.75) is 19.4 Å². The van der Waals surface area contributed by atoms with Gasteiger partial charge in [-0.2, -0.15) is 0 Å². The normalized spacial score (nSPS) is 15.0. The molecule has 2 atom stereocenters. The highest BCUT2D eigenvalue weighted by atomic mass is 35.5. The summed E-state index contributed by atoms with van der Waals surface area (Å²) in [7, 11) is 0. The average molecular weight is 231 g/mol. The summed E-state index contributed by atoms with van der Waals surface area (Å²) >= 11 is 5.78. The molecule has 84 valence electrons. The number of nitrogens with two attached hydrogens (primary N) is 2. The first-order valence-electron chi connectivity index (χ1n) is 4.95. The molecule has 0 amide bonds. The van der Waals surface area contributed by atoms with Crippen molar-refractivity contribution in [2.75, 3.05) is 6.54 Å². The van der Waals surface area contributed by atoms with Gasteiger partial charge in [0, 0.05) is 16.6 Å². The molecule has 1 aromatic carbocycles. The molecule has 15 heavy (non-hydrogen) atoms. The lowest BCUT2D eigenvalue weighted by atomic mass is 9.96. The molecule has 2 nitrogen and oxygen atoms in total. The van der Waals surface area contributed by atoms with E-state index in [2.05, 4.69) is 0 Å². The van der Waals surface area contributed by atoms with Crippen molar-refractivity contribution in [3.8, 4) is 0 Å². The van der Waals surface area contributed by atoms with Gasteiger partial charge in [-0.25, -0.2) is 4.39 Å². The second-order valence-corrected chi connectivity index (χ2v) is 4.29. The van der Waals surface area contributed by atoms with Crippen LogP contribution in [-0.2, 0) is 0 Å². The molecule has 4 heteroatoms. The van der Waals surface area contributed by atoms with E-state index in [0.717, 1.165) is 0 Å². The first kappa shape index (κ1) is 12.4. The Labute approximate surface area is 94.4 Å². The van der Waals surface area contributed by atoms with Gasteiger partial charge in [-0.1, -0.05) is 18.5 Å². The summed E-state index contributed by atoms with van der Waals surface area (Å²) < 4.78 is 13.4. The molecule has 0 fully saturated rings. The molecule has 1 aromatic rings. The summed E-state index contributed by atoms with van der Waals surface area (Å²) in [6.07, 6.45) is 0.660. The molecule has 0 aliphatic carbocycles. The maximum atomic E-state index is 13.4. The number of rotatable bonds is 4. The zero-order valence-electron chi connectivity index (χ0n) is 8.71. The van der Waals surface area contributed by atoms with Gasteiger partial charge in [0.2, 0.25) is 0 Å². The van der Waals surface area contributed by atoms with Gasteiger partial charge in [0.25, 0.3) is 0 Å². The largest absolute Gasteiger partial charge is 0.330 e. The highest BCUT2D eigenvalue weighted by Gasteiger charge is 2.14. The van der Waals surface area contributed by atoms with Crippen LogP contribution in [0.2, 0.25) is 5.02 Å². The molecule has 0 saturated heterocycles. The lowest BCUT2D eigenvalue weighted by Gasteiger charge is -2.16. The van der Waals surface area contributed by atoms with Crippen LogP contribution in [-0.4, -0.2) is 6.54 Å². The van der Waals surface area contributed by atoms with Crippen LogP contribution in [0.5, 0.6) is 0 Å². The fraction of sp³-hybridized carbons (Fsp3) is 0.455. The van der Waals surface area contributed by atoms with Gasteiger partial charge in [-0.05, 0) is 37.1 Å². The minimum Gasteiger partial charge on any atom is -0.330 e. The Kier molecular flexibility index (Phi) is 4.51. The van der Waals surface area contributed by atoms with Crippen LogP contribution in [0.3, 0.4) is 0 Å². The molecule has 0 saturated carbocycles. The summed E-state index contributed by atoms with van der Waals surface area (Å²) in [6, 6.07) is 4.08. The molecule has 0 heterocycles. The van der Waals surface area contributed by atoms with Gasteiger partial charge < -0.3 is 11.5 Å². The van der Waals surface area contributed by atoms with Crippen LogP contribution < -0.4 is 11.5 Å². The molecule has 0 aliphatic rings. The first-order chi connectivity index (χ1) is 7.04. The fourth-order valence-electron chi connectivity index (χ4n) is 1.46.